The van der Waals surface area contributed by atoms with Gasteiger partial charge in [-0.2, -0.15) is 0 Å². The van der Waals surface area contributed by atoms with Crippen LogP contribution in [0.4, 0.5) is 0 Å². The summed E-state index contributed by atoms with van der Waals surface area (Å²) in [6.45, 7) is 12.6. The molecule has 172 valence electrons. The van der Waals surface area contributed by atoms with Crippen LogP contribution in [0.2, 0.25) is 0 Å². The Bertz CT molecular complexity index is 1020. The number of nitrogens with zero attached hydrogens (tertiary/aromatic N) is 3. The Kier molecular flexibility index (Phi) is 5.08. The van der Waals surface area contributed by atoms with E-state index < -0.39 is 0 Å². The van der Waals surface area contributed by atoms with E-state index in [1.165, 1.54) is 5.56 Å². The van der Waals surface area contributed by atoms with Gasteiger partial charge in [-0.1, -0.05) is 26.0 Å². The van der Waals surface area contributed by atoms with Crippen LogP contribution >= 0.6 is 0 Å². The van der Waals surface area contributed by atoms with Crippen molar-refractivity contribution in [1.29, 1.82) is 0 Å². The fourth-order valence-electron chi connectivity index (χ4n) is 5.39. The molecule has 2 fully saturated rings. The van der Waals surface area contributed by atoms with Gasteiger partial charge in [-0.3, -0.25) is 4.79 Å². The van der Waals surface area contributed by atoms with E-state index in [-0.39, 0.29) is 34.9 Å². The summed E-state index contributed by atoms with van der Waals surface area (Å²) in [6, 6.07) is 6.38. The van der Waals surface area contributed by atoms with Crippen LogP contribution in [0.3, 0.4) is 0 Å². The molecule has 1 aromatic carbocycles. The van der Waals surface area contributed by atoms with Crippen LogP contribution in [0.5, 0.6) is 5.75 Å². The Morgan fingerprint density at radius 3 is 2.75 bits per heavy atom. The van der Waals surface area contributed by atoms with Crippen molar-refractivity contribution in [3.05, 3.63) is 41.1 Å². The topological polar surface area (TPSA) is 77.7 Å². The van der Waals surface area contributed by atoms with Crippen molar-refractivity contribution in [2.75, 3.05) is 19.7 Å². The van der Waals surface area contributed by atoms with E-state index in [1.54, 1.807) is 0 Å². The number of aryl methyl sites for hydroxylation is 2. The maximum Gasteiger partial charge on any atom is 0.223 e. The minimum atomic E-state index is -0.310. The number of benzene rings is 1. The van der Waals surface area contributed by atoms with E-state index in [9.17, 15) is 4.79 Å². The number of ether oxygens (including phenoxy) is 2. The zero-order chi connectivity index (χ0) is 22.7. The molecule has 3 aliphatic heterocycles. The lowest BCUT2D eigenvalue weighted by atomic mass is 9.64. The van der Waals surface area contributed by atoms with E-state index in [4.69, 9.17) is 13.9 Å². The van der Waals surface area contributed by atoms with Crippen molar-refractivity contribution < 1.29 is 18.7 Å². The molecule has 1 aromatic heterocycles. The molecule has 0 radical (unpaired) electrons. The second-order valence-electron chi connectivity index (χ2n) is 10.7. The predicted octanol–water partition coefficient (Wildman–Crippen LogP) is 4.21. The first-order chi connectivity index (χ1) is 15.2. The quantitative estimate of drug-likeness (QED) is 0.710. The van der Waals surface area contributed by atoms with Crippen LogP contribution in [0.15, 0.2) is 22.6 Å². The molecular formula is C25H33N3O4. The number of rotatable bonds is 4. The highest BCUT2D eigenvalue weighted by atomic mass is 16.5. The van der Waals surface area contributed by atoms with E-state index >= 15 is 0 Å². The lowest BCUT2D eigenvalue weighted by molar-refractivity contribution is -0.201. The van der Waals surface area contributed by atoms with Crippen molar-refractivity contribution >= 4 is 5.91 Å². The standard InChI is InChI=1S/C25H33N3O4/c1-15(2)23-27-26-20(31-23)8-9-21(29)28-12-25(13-28)11-18-22(30-14-25)17-7-6-16(3)10-19(17)32-24(18,4)5/h6-7,10,15,18,22H,8-9,11-14H2,1-5H3/t18-,22+/m0/s1. The molecule has 3 aliphatic rings. The summed E-state index contributed by atoms with van der Waals surface area (Å²) in [5.74, 6) is 2.70. The van der Waals surface area contributed by atoms with Crippen LogP contribution in [0.25, 0.3) is 0 Å². The van der Waals surface area contributed by atoms with Crippen LogP contribution in [0, 0.1) is 18.3 Å². The summed E-state index contributed by atoms with van der Waals surface area (Å²) >= 11 is 0. The lowest BCUT2D eigenvalue weighted by Crippen LogP contribution is -2.65. The van der Waals surface area contributed by atoms with Crippen LogP contribution in [0.1, 0.15) is 75.5 Å². The monoisotopic (exact) mass is 439 g/mol. The third-order valence-electron chi connectivity index (χ3n) is 7.26. The Morgan fingerprint density at radius 1 is 1.25 bits per heavy atom. The molecular weight excluding hydrogens is 406 g/mol. The van der Waals surface area contributed by atoms with Gasteiger partial charge in [0.2, 0.25) is 17.7 Å². The van der Waals surface area contributed by atoms with Crippen molar-refractivity contribution in [3.63, 3.8) is 0 Å². The van der Waals surface area contributed by atoms with Gasteiger partial charge in [0, 0.05) is 48.7 Å². The highest BCUT2D eigenvalue weighted by Crippen LogP contribution is 2.55. The van der Waals surface area contributed by atoms with Gasteiger partial charge >= 0.3 is 0 Å². The summed E-state index contributed by atoms with van der Waals surface area (Å²) in [6.07, 6.45) is 1.94. The molecule has 0 unspecified atom stereocenters. The van der Waals surface area contributed by atoms with E-state index in [0.29, 0.717) is 31.2 Å². The largest absolute Gasteiger partial charge is 0.487 e. The summed E-state index contributed by atoms with van der Waals surface area (Å²) in [4.78, 5) is 14.7. The van der Waals surface area contributed by atoms with Gasteiger partial charge < -0.3 is 18.8 Å². The second kappa shape index (κ2) is 7.58. The molecule has 4 heterocycles. The smallest absolute Gasteiger partial charge is 0.223 e. The number of carbonyl (C=O) groups excluding carboxylic acids is 1. The molecule has 2 saturated heterocycles. The van der Waals surface area contributed by atoms with Gasteiger partial charge in [0.05, 0.1) is 12.7 Å². The molecule has 7 heteroatoms. The van der Waals surface area contributed by atoms with Crippen molar-refractivity contribution in [2.45, 2.75) is 71.5 Å². The molecule has 1 spiro atoms. The minimum Gasteiger partial charge on any atom is -0.487 e. The number of aromatic nitrogens is 2. The van der Waals surface area contributed by atoms with Crippen molar-refractivity contribution in [3.8, 4) is 5.75 Å². The first kappa shape index (κ1) is 21.4. The second-order valence-corrected chi connectivity index (χ2v) is 10.7. The third kappa shape index (κ3) is 3.70. The van der Waals surface area contributed by atoms with E-state index in [0.717, 1.165) is 30.8 Å². The van der Waals surface area contributed by atoms with Crippen LogP contribution in [-0.2, 0) is 16.0 Å². The van der Waals surface area contributed by atoms with Gasteiger partial charge in [0.15, 0.2) is 0 Å². The maximum absolute atomic E-state index is 12.7. The van der Waals surface area contributed by atoms with Crippen molar-refractivity contribution in [2.24, 2.45) is 11.3 Å². The molecule has 0 aliphatic carbocycles. The SMILES string of the molecule is Cc1ccc2c(c1)OC(C)(C)[C@H]1CC3(CO[C@H]21)CN(C(=O)CCc1nnc(C(C)C)o1)C3. The fourth-order valence-corrected chi connectivity index (χ4v) is 5.39. The van der Waals surface area contributed by atoms with E-state index in [2.05, 4.69) is 49.2 Å². The number of amides is 1. The third-order valence-corrected chi connectivity index (χ3v) is 7.26. The van der Waals surface area contributed by atoms with Gasteiger partial charge in [-0.25, -0.2) is 0 Å². The normalized spacial score (nSPS) is 25.1. The minimum absolute atomic E-state index is 0.0228. The van der Waals surface area contributed by atoms with Gasteiger partial charge in [0.25, 0.3) is 0 Å². The first-order valence-corrected chi connectivity index (χ1v) is 11.7. The predicted molar refractivity (Wildman–Crippen MR) is 118 cm³/mol. The molecule has 2 atom stereocenters. The zero-order valence-corrected chi connectivity index (χ0v) is 19.7. The molecule has 0 N–H and O–H groups in total. The Morgan fingerprint density at radius 2 is 2.03 bits per heavy atom. The average Bonchev–Trinajstić information content (AvgIpc) is 3.19. The van der Waals surface area contributed by atoms with Crippen LogP contribution in [-0.4, -0.2) is 46.3 Å². The maximum atomic E-state index is 12.7. The number of hydrogen-bond acceptors (Lipinski definition) is 6. The number of hydrogen-bond donors (Lipinski definition) is 0. The van der Waals surface area contributed by atoms with E-state index in [1.807, 2.05) is 18.7 Å². The van der Waals surface area contributed by atoms with Gasteiger partial charge in [-0.15, -0.1) is 10.2 Å². The summed E-state index contributed by atoms with van der Waals surface area (Å²) in [5, 5.41) is 8.10. The molecule has 7 nitrogen and oxygen atoms in total. The molecule has 32 heavy (non-hydrogen) atoms. The molecule has 0 bridgehead atoms. The van der Waals surface area contributed by atoms with Crippen LogP contribution < -0.4 is 4.74 Å². The highest BCUT2D eigenvalue weighted by Gasteiger charge is 2.56. The average molecular weight is 440 g/mol. The Balaban J connectivity index is 1.21. The van der Waals surface area contributed by atoms with Gasteiger partial charge in [0.1, 0.15) is 11.4 Å². The number of fused-ring (bicyclic) bond motifs is 3. The Labute approximate surface area is 189 Å². The fraction of sp³-hybridized carbons (Fsp3) is 0.640. The molecule has 1 amide bonds. The summed E-state index contributed by atoms with van der Waals surface area (Å²) in [5.41, 5.74) is 2.06. The summed E-state index contributed by atoms with van der Waals surface area (Å²) in [7, 11) is 0. The first-order valence-electron chi connectivity index (χ1n) is 11.7. The van der Waals surface area contributed by atoms with Gasteiger partial charge in [-0.05, 0) is 38.8 Å². The Hall–Kier alpha value is -2.41. The molecule has 2 aromatic rings. The van der Waals surface area contributed by atoms with Crippen molar-refractivity contribution in [1.82, 2.24) is 15.1 Å². The zero-order valence-electron chi connectivity index (χ0n) is 19.7. The molecule has 0 saturated carbocycles. The lowest BCUT2D eigenvalue weighted by Gasteiger charge is -2.58. The number of carbonyl (C=O) groups is 1. The molecule has 5 rings (SSSR count). The highest BCUT2D eigenvalue weighted by molar-refractivity contribution is 5.77. The summed E-state index contributed by atoms with van der Waals surface area (Å²) < 4.78 is 18.5. The number of likely N-dealkylation sites (tertiary alicyclic amines) is 1.